The van der Waals surface area contributed by atoms with E-state index in [9.17, 15) is 13.9 Å². The van der Waals surface area contributed by atoms with Gasteiger partial charge in [-0.1, -0.05) is 24.3 Å². The lowest BCUT2D eigenvalue weighted by Crippen LogP contribution is -2.47. The molecule has 1 atom stereocenters. The summed E-state index contributed by atoms with van der Waals surface area (Å²) in [7, 11) is 0. The maximum Gasteiger partial charge on any atom is 0.333 e. The number of ether oxygens (including phenoxy) is 1. The van der Waals surface area contributed by atoms with Gasteiger partial charge >= 0.3 is 6.55 Å². The topological polar surface area (TPSA) is 92.7 Å². The van der Waals surface area contributed by atoms with Crippen LogP contribution in [0.25, 0.3) is 16.8 Å². The van der Waals surface area contributed by atoms with Crippen LogP contribution in [0.5, 0.6) is 0 Å². The molecule has 1 aromatic carbocycles. The average Bonchev–Trinajstić information content (AvgIpc) is 3.46. The quantitative estimate of drug-likeness (QED) is 0.412. The highest BCUT2D eigenvalue weighted by molar-refractivity contribution is 5.78. The maximum absolute atomic E-state index is 12.8. The molecule has 1 unspecified atom stereocenters. The van der Waals surface area contributed by atoms with Crippen LogP contribution in [-0.4, -0.2) is 66.3 Å². The monoisotopic (exact) mass is 483 g/mol. The second-order valence-electron chi connectivity index (χ2n) is 9.06. The number of nitrogens with zero attached hydrogens (tertiary/aromatic N) is 6. The molecular weight excluding hydrogens is 456 g/mol. The summed E-state index contributed by atoms with van der Waals surface area (Å²) >= 11 is 0. The molecule has 4 heterocycles. The highest BCUT2D eigenvalue weighted by Crippen LogP contribution is 2.34. The van der Waals surface area contributed by atoms with Crippen molar-refractivity contribution >= 4 is 17.3 Å². The van der Waals surface area contributed by atoms with Gasteiger partial charge in [-0.25, -0.2) is 9.20 Å². The van der Waals surface area contributed by atoms with E-state index in [1.54, 1.807) is 10.7 Å². The van der Waals surface area contributed by atoms with Crippen molar-refractivity contribution in [3.8, 4) is 11.1 Å². The molecule has 3 aromatic heterocycles. The molecule has 0 radical (unpaired) electrons. The number of aromatic nitrogens is 5. The number of aliphatic hydroxyl groups is 1. The number of nitrogens with one attached hydrogen (secondary N) is 1. The van der Waals surface area contributed by atoms with Crippen molar-refractivity contribution in [2.45, 2.75) is 32.0 Å². The third kappa shape index (κ3) is 4.88. The van der Waals surface area contributed by atoms with Gasteiger partial charge in [0.15, 0.2) is 5.65 Å². The number of halogens is 2. The Morgan fingerprint density at radius 1 is 1.11 bits per heavy atom. The molecule has 0 saturated carbocycles. The minimum absolute atomic E-state index is 0.158. The summed E-state index contributed by atoms with van der Waals surface area (Å²) in [6, 6.07) is 11.8. The number of morpholine rings is 1. The number of fused-ring (bicyclic) bond motifs is 1. The number of pyridine rings is 1. The second-order valence-corrected chi connectivity index (χ2v) is 9.06. The van der Waals surface area contributed by atoms with Crippen molar-refractivity contribution in [2.75, 3.05) is 31.6 Å². The second kappa shape index (κ2) is 9.33. The minimum atomic E-state index is -2.71. The Hall–Kier alpha value is -3.41. The first kappa shape index (κ1) is 23.3. The number of benzene rings is 1. The fourth-order valence-corrected chi connectivity index (χ4v) is 4.57. The van der Waals surface area contributed by atoms with Crippen LogP contribution in [0.15, 0.2) is 55.0 Å². The van der Waals surface area contributed by atoms with Crippen molar-refractivity contribution in [2.24, 2.45) is 0 Å². The molecule has 1 aliphatic rings. The Morgan fingerprint density at radius 2 is 1.86 bits per heavy atom. The van der Waals surface area contributed by atoms with E-state index in [4.69, 9.17) is 4.74 Å². The Balaban J connectivity index is 1.42. The van der Waals surface area contributed by atoms with Crippen molar-refractivity contribution < 1.29 is 18.6 Å². The lowest BCUT2D eigenvalue weighted by atomic mass is 9.89. The van der Waals surface area contributed by atoms with Crippen molar-refractivity contribution in [1.82, 2.24) is 29.3 Å². The predicted molar refractivity (Wildman–Crippen MR) is 127 cm³/mol. The largest absolute Gasteiger partial charge is 0.388 e. The molecule has 0 aliphatic carbocycles. The van der Waals surface area contributed by atoms with E-state index in [1.807, 2.05) is 50.2 Å². The van der Waals surface area contributed by atoms with E-state index >= 15 is 0 Å². The summed E-state index contributed by atoms with van der Waals surface area (Å²) in [4.78, 5) is 6.82. The van der Waals surface area contributed by atoms with Gasteiger partial charge in [0.05, 0.1) is 42.9 Å². The molecule has 2 N–H and O–H groups in total. The van der Waals surface area contributed by atoms with Crippen LogP contribution < -0.4 is 5.32 Å². The number of alkyl halides is 2. The van der Waals surface area contributed by atoms with E-state index in [0.29, 0.717) is 29.2 Å². The van der Waals surface area contributed by atoms with Crippen molar-refractivity contribution in [3.63, 3.8) is 0 Å². The SMILES string of the molecule is CC(C)(O)C(c1ccc(-c2cccn3nc(Nc4cnn(C(F)F)c4)nc23)cc1)N1CCOCC1. The average molecular weight is 484 g/mol. The van der Waals surface area contributed by atoms with Crippen LogP contribution >= 0.6 is 0 Å². The Kier molecular flexibility index (Phi) is 6.22. The van der Waals surface area contributed by atoms with Crippen molar-refractivity contribution in [1.29, 1.82) is 0 Å². The van der Waals surface area contributed by atoms with E-state index in [0.717, 1.165) is 29.8 Å². The number of anilines is 2. The molecule has 9 nitrogen and oxygen atoms in total. The van der Waals surface area contributed by atoms with Crippen LogP contribution in [0.2, 0.25) is 0 Å². The van der Waals surface area contributed by atoms with Crippen LogP contribution in [0.4, 0.5) is 20.4 Å². The molecule has 1 saturated heterocycles. The van der Waals surface area contributed by atoms with Crippen LogP contribution in [0.1, 0.15) is 32.0 Å². The van der Waals surface area contributed by atoms with Gasteiger partial charge in [0, 0.05) is 24.8 Å². The summed E-state index contributed by atoms with van der Waals surface area (Å²) in [5.74, 6) is 0.275. The van der Waals surface area contributed by atoms with Gasteiger partial charge < -0.3 is 15.2 Å². The van der Waals surface area contributed by atoms with Crippen LogP contribution in [-0.2, 0) is 4.74 Å². The molecule has 5 rings (SSSR count). The molecule has 35 heavy (non-hydrogen) atoms. The summed E-state index contributed by atoms with van der Waals surface area (Å²) in [5.41, 5.74) is 2.90. The first-order chi connectivity index (χ1) is 16.8. The number of hydrogen-bond acceptors (Lipinski definition) is 7. The Bertz CT molecular complexity index is 1290. The van der Waals surface area contributed by atoms with Gasteiger partial charge in [0.25, 0.3) is 0 Å². The van der Waals surface area contributed by atoms with Gasteiger partial charge in [-0.2, -0.15) is 18.9 Å². The lowest BCUT2D eigenvalue weighted by Gasteiger charge is -2.41. The van der Waals surface area contributed by atoms with Gasteiger partial charge in [-0.15, -0.1) is 5.10 Å². The minimum Gasteiger partial charge on any atom is -0.388 e. The fourth-order valence-electron chi connectivity index (χ4n) is 4.57. The number of rotatable bonds is 7. The summed E-state index contributed by atoms with van der Waals surface area (Å²) < 4.78 is 33.3. The van der Waals surface area contributed by atoms with Gasteiger partial charge in [-0.05, 0) is 37.1 Å². The normalized spacial score (nSPS) is 16.2. The fraction of sp³-hybridized carbons (Fsp3) is 0.375. The van der Waals surface area contributed by atoms with Crippen LogP contribution in [0.3, 0.4) is 0 Å². The summed E-state index contributed by atoms with van der Waals surface area (Å²) in [6.45, 7) is 3.78. The maximum atomic E-state index is 12.8. The predicted octanol–water partition coefficient (Wildman–Crippen LogP) is 3.88. The van der Waals surface area contributed by atoms with E-state index < -0.39 is 12.2 Å². The first-order valence-electron chi connectivity index (χ1n) is 11.4. The molecule has 4 aromatic rings. The summed E-state index contributed by atoms with van der Waals surface area (Å²) in [6.07, 6.45) is 4.27. The molecule has 184 valence electrons. The zero-order valence-electron chi connectivity index (χ0n) is 19.5. The standard InChI is InChI=1S/C24H27F2N7O2/c1-24(2,34)20(31-10-12-35-13-11-31)17-7-5-16(6-8-17)19-4-3-9-32-21(19)29-23(30-32)28-18-14-27-33(15-18)22(25)26/h3-9,14-15,20,22,34H,10-13H2,1-2H3,(H,28,30). The van der Waals surface area contributed by atoms with Gasteiger partial charge in [0.1, 0.15) is 0 Å². The van der Waals surface area contributed by atoms with E-state index in [1.165, 1.54) is 12.4 Å². The molecule has 0 bridgehead atoms. The third-order valence-electron chi connectivity index (χ3n) is 6.04. The van der Waals surface area contributed by atoms with E-state index in [-0.39, 0.29) is 12.0 Å². The lowest BCUT2D eigenvalue weighted by molar-refractivity contribution is -0.0602. The molecule has 1 fully saturated rings. The summed E-state index contributed by atoms with van der Waals surface area (Å²) in [5, 5.41) is 21.9. The smallest absolute Gasteiger partial charge is 0.333 e. The molecule has 11 heteroatoms. The van der Waals surface area contributed by atoms with Crippen molar-refractivity contribution in [3.05, 3.63) is 60.6 Å². The third-order valence-corrected chi connectivity index (χ3v) is 6.04. The highest BCUT2D eigenvalue weighted by Gasteiger charge is 2.34. The van der Waals surface area contributed by atoms with Crippen LogP contribution in [0, 0.1) is 0 Å². The first-order valence-corrected chi connectivity index (χ1v) is 11.4. The zero-order valence-corrected chi connectivity index (χ0v) is 19.5. The Morgan fingerprint density at radius 3 is 2.51 bits per heavy atom. The van der Waals surface area contributed by atoms with Gasteiger partial charge in [0.2, 0.25) is 5.95 Å². The Labute approximate surface area is 201 Å². The van der Waals surface area contributed by atoms with Gasteiger partial charge in [-0.3, -0.25) is 4.90 Å². The molecular formula is C24H27F2N7O2. The zero-order chi connectivity index (χ0) is 24.6. The van der Waals surface area contributed by atoms with E-state index in [2.05, 4.69) is 25.4 Å². The highest BCUT2D eigenvalue weighted by atomic mass is 19.3. The number of hydrogen-bond donors (Lipinski definition) is 2. The molecule has 0 amide bonds. The molecule has 0 spiro atoms. The molecule has 1 aliphatic heterocycles.